The lowest BCUT2D eigenvalue weighted by Gasteiger charge is -2.44. The molecular formula is C24H33F4N3O4S. The summed E-state index contributed by atoms with van der Waals surface area (Å²) in [7, 11) is -1.32. The summed E-state index contributed by atoms with van der Waals surface area (Å²) < 4.78 is 77.1. The molecule has 1 aliphatic carbocycles. The fourth-order valence-corrected chi connectivity index (χ4v) is 6.42. The van der Waals surface area contributed by atoms with Crippen LogP contribution in [0.1, 0.15) is 55.5 Å². The Morgan fingerprint density at radius 2 is 1.86 bits per heavy atom. The molecule has 1 heterocycles. The van der Waals surface area contributed by atoms with Crippen molar-refractivity contribution in [2.45, 2.75) is 69.9 Å². The maximum Gasteiger partial charge on any atom is 0.416 e. The Morgan fingerprint density at radius 3 is 2.44 bits per heavy atom. The van der Waals surface area contributed by atoms with E-state index in [2.05, 4.69) is 24.1 Å². The second kappa shape index (κ2) is 10.6. The Bertz CT molecular complexity index is 1090. The smallest absolute Gasteiger partial charge is 0.340 e. The van der Waals surface area contributed by atoms with Crippen molar-refractivity contribution in [3.63, 3.8) is 0 Å². The zero-order valence-electron chi connectivity index (χ0n) is 20.8. The highest BCUT2D eigenvalue weighted by atomic mass is 32.2. The maximum atomic E-state index is 13.7. The van der Waals surface area contributed by atoms with Crippen LogP contribution in [-0.2, 0) is 20.8 Å². The summed E-state index contributed by atoms with van der Waals surface area (Å²) in [6, 6.07) is 0.688. The van der Waals surface area contributed by atoms with Crippen molar-refractivity contribution in [2.24, 2.45) is 5.92 Å². The lowest BCUT2D eigenvalue weighted by atomic mass is 9.81. The molecule has 12 heteroatoms. The number of nitrogens with one attached hydrogen (secondary N) is 1. The van der Waals surface area contributed by atoms with Crippen LogP contribution in [0.15, 0.2) is 18.2 Å². The van der Waals surface area contributed by atoms with E-state index >= 15 is 0 Å². The molecule has 7 nitrogen and oxygen atoms in total. The average molecular weight is 536 g/mol. The van der Waals surface area contributed by atoms with E-state index in [-0.39, 0.29) is 42.8 Å². The molecule has 2 amide bonds. The van der Waals surface area contributed by atoms with Gasteiger partial charge in [-0.05, 0) is 70.7 Å². The molecule has 0 spiro atoms. The van der Waals surface area contributed by atoms with Crippen LogP contribution >= 0.6 is 0 Å². The number of hydrogen-bond donors (Lipinski definition) is 1. The zero-order chi connectivity index (χ0) is 27.0. The summed E-state index contributed by atoms with van der Waals surface area (Å²) in [4.78, 5) is 29.6. The lowest BCUT2D eigenvalue weighted by molar-refractivity contribution is -0.138. The predicted molar refractivity (Wildman–Crippen MR) is 127 cm³/mol. The Morgan fingerprint density at radius 1 is 1.19 bits per heavy atom. The Balaban J connectivity index is 1.74. The van der Waals surface area contributed by atoms with Crippen molar-refractivity contribution in [1.29, 1.82) is 0 Å². The molecule has 1 aliphatic heterocycles. The number of rotatable bonds is 7. The molecule has 1 N–H and O–H groups in total. The van der Waals surface area contributed by atoms with Crippen molar-refractivity contribution >= 4 is 21.7 Å². The summed E-state index contributed by atoms with van der Waals surface area (Å²) in [5.74, 6) is -2.94. The second-order valence-corrected chi connectivity index (χ2v) is 12.4. The van der Waals surface area contributed by atoms with Crippen LogP contribution in [0.4, 0.5) is 17.6 Å². The van der Waals surface area contributed by atoms with E-state index in [1.165, 1.54) is 6.26 Å². The summed E-state index contributed by atoms with van der Waals surface area (Å²) in [5.41, 5.74) is -1.82. The first-order valence-corrected chi connectivity index (χ1v) is 14.0. The summed E-state index contributed by atoms with van der Waals surface area (Å²) in [5, 5.41) is 2.43. The number of hydrogen-bond acceptors (Lipinski definition) is 5. The minimum Gasteiger partial charge on any atom is -0.340 e. The largest absolute Gasteiger partial charge is 0.416 e. The Kier molecular flexibility index (Phi) is 8.39. The van der Waals surface area contributed by atoms with Gasteiger partial charge in [0.1, 0.15) is 21.7 Å². The summed E-state index contributed by atoms with van der Waals surface area (Å²) >= 11 is 0. The third-order valence-electron chi connectivity index (χ3n) is 7.25. The second-order valence-electron chi connectivity index (χ2n) is 10.2. The van der Waals surface area contributed by atoms with E-state index in [4.69, 9.17) is 0 Å². The van der Waals surface area contributed by atoms with Gasteiger partial charge in [0.25, 0.3) is 5.91 Å². The maximum absolute atomic E-state index is 13.7. The number of sulfone groups is 1. The van der Waals surface area contributed by atoms with Gasteiger partial charge in [0.15, 0.2) is 0 Å². The molecule has 0 radical (unpaired) electrons. The topological polar surface area (TPSA) is 86.8 Å². The van der Waals surface area contributed by atoms with Crippen molar-refractivity contribution in [3.8, 4) is 0 Å². The van der Waals surface area contributed by atoms with Crippen LogP contribution in [0.2, 0.25) is 0 Å². The van der Waals surface area contributed by atoms with Gasteiger partial charge in [0.05, 0.1) is 11.3 Å². The van der Waals surface area contributed by atoms with Crippen LogP contribution < -0.4 is 5.32 Å². The highest BCUT2D eigenvalue weighted by Gasteiger charge is 2.44. The van der Waals surface area contributed by atoms with Crippen LogP contribution in [-0.4, -0.2) is 79.8 Å². The van der Waals surface area contributed by atoms with Crippen LogP contribution in [0.25, 0.3) is 0 Å². The minimum absolute atomic E-state index is 0.0651. The molecule has 36 heavy (non-hydrogen) atoms. The molecule has 2 aliphatic rings. The Hall–Kier alpha value is -2.21. The van der Waals surface area contributed by atoms with Gasteiger partial charge in [-0.25, -0.2) is 12.8 Å². The summed E-state index contributed by atoms with van der Waals surface area (Å²) in [6.45, 7) is 4.41. The highest BCUT2D eigenvalue weighted by Crippen LogP contribution is 2.35. The minimum atomic E-state index is -4.83. The number of likely N-dealkylation sites (tertiary alicyclic amines) is 1. The number of carbonyl (C=O) groups excluding carboxylic acids is 2. The van der Waals surface area contributed by atoms with Gasteiger partial charge in [-0.3, -0.25) is 9.59 Å². The molecule has 4 atom stereocenters. The number of benzene rings is 1. The molecular weight excluding hydrogens is 502 g/mol. The van der Waals surface area contributed by atoms with E-state index in [0.29, 0.717) is 31.0 Å². The van der Waals surface area contributed by atoms with Crippen molar-refractivity contribution in [3.05, 3.63) is 35.1 Å². The van der Waals surface area contributed by atoms with Crippen LogP contribution in [0.3, 0.4) is 0 Å². The van der Waals surface area contributed by atoms with Crippen LogP contribution in [0.5, 0.6) is 0 Å². The number of carbonyl (C=O) groups is 2. The third-order valence-corrected chi connectivity index (χ3v) is 8.29. The molecule has 1 saturated carbocycles. The van der Waals surface area contributed by atoms with Gasteiger partial charge in [-0.15, -0.1) is 0 Å². The van der Waals surface area contributed by atoms with Gasteiger partial charge >= 0.3 is 6.18 Å². The first kappa shape index (κ1) is 28.4. The highest BCUT2D eigenvalue weighted by molar-refractivity contribution is 7.90. The van der Waals surface area contributed by atoms with Crippen molar-refractivity contribution in [2.75, 3.05) is 25.6 Å². The van der Waals surface area contributed by atoms with Gasteiger partial charge in [-0.1, -0.05) is 0 Å². The van der Waals surface area contributed by atoms with Crippen molar-refractivity contribution in [1.82, 2.24) is 15.1 Å². The first-order chi connectivity index (χ1) is 16.6. The van der Waals surface area contributed by atoms with Gasteiger partial charge in [-0.2, -0.15) is 13.2 Å². The first-order valence-electron chi connectivity index (χ1n) is 12.0. The SMILES string of the molecule is CC(C)N(C)[C@@H]1CC[C@H](N2CCC(NC(=O)c3cc(F)cc(C(F)(F)F)c3)C2=O)[C@H](CS(C)(=O)=O)C1. The molecule has 0 aromatic heterocycles. The van der Waals surface area contributed by atoms with Crippen LogP contribution in [0, 0.1) is 11.7 Å². The Labute approximate surface area is 209 Å². The lowest BCUT2D eigenvalue weighted by Crippen LogP contribution is -2.53. The van der Waals surface area contributed by atoms with E-state index in [0.717, 1.165) is 6.42 Å². The number of nitrogens with zero attached hydrogens (tertiary/aromatic N) is 2. The number of halogens is 4. The fourth-order valence-electron chi connectivity index (χ4n) is 5.28. The van der Waals surface area contributed by atoms with Crippen molar-refractivity contribution < 1.29 is 35.6 Å². The zero-order valence-corrected chi connectivity index (χ0v) is 21.6. The average Bonchev–Trinajstić information content (AvgIpc) is 3.10. The molecule has 3 rings (SSSR count). The monoisotopic (exact) mass is 535 g/mol. The molecule has 2 fully saturated rings. The summed E-state index contributed by atoms with van der Waals surface area (Å²) in [6.07, 6.45) is -1.44. The predicted octanol–water partition coefficient (Wildman–Crippen LogP) is 3.10. The number of amides is 2. The van der Waals surface area contributed by atoms with Gasteiger partial charge < -0.3 is 15.1 Å². The van der Waals surface area contributed by atoms with E-state index in [1.54, 1.807) is 4.90 Å². The molecule has 1 saturated heterocycles. The quantitative estimate of drug-likeness (QED) is 0.543. The van der Waals surface area contributed by atoms with E-state index in [1.807, 2.05) is 7.05 Å². The fraction of sp³-hybridized carbons (Fsp3) is 0.667. The molecule has 0 bridgehead atoms. The normalized spacial score (nSPS) is 25.6. The molecule has 202 valence electrons. The number of alkyl halides is 3. The van der Waals surface area contributed by atoms with E-state index < -0.39 is 50.8 Å². The van der Waals surface area contributed by atoms with E-state index in [9.17, 15) is 35.6 Å². The third kappa shape index (κ3) is 6.76. The molecule has 1 unspecified atom stereocenters. The standard InChI is InChI=1S/C24H33F4N3O4S/c1-14(2)30(3)19-5-6-21(16(11-19)13-36(4,34)35)31-8-7-20(23(31)33)29-22(32)15-9-17(24(26,27)28)12-18(25)10-15/h9-10,12,14,16,19-21H,5-8,11,13H2,1-4H3,(H,29,32)/t16-,19+,20?,21-/m0/s1. The molecule has 1 aromatic rings. The van der Waals surface area contributed by atoms with Gasteiger partial charge in [0.2, 0.25) is 5.91 Å². The van der Waals surface area contributed by atoms with Gasteiger partial charge in [0, 0.05) is 36.5 Å². The molecule has 1 aromatic carbocycles.